The van der Waals surface area contributed by atoms with Crippen molar-refractivity contribution in [3.05, 3.63) is 29.8 Å². The summed E-state index contributed by atoms with van der Waals surface area (Å²) in [6.45, 7) is 2.12. The second-order valence-corrected chi connectivity index (χ2v) is 8.85. The summed E-state index contributed by atoms with van der Waals surface area (Å²) in [6, 6.07) is 4.16. The number of Topliss-reactive ketones (excluding diaryl/α,β-unsaturated/α-hetero) is 1. The molecule has 0 aromatic heterocycles. The lowest BCUT2D eigenvalue weighted by Gasteiger charge is -2.41. The van der Waals surface area contributed by atoms with Gasteiger partial charge >= 0.3 is 12.0 Å². The van der Waals surface area contributed by atoms with Gasteiger partial charge < -0.3 is 30.9 Å². The van der Waals surface area contributed by atoms with Crippen molar-refractivity contribution in [2.24, 2.45) is 0 Å². The Morgan fingerprint density at radius 2 is 1.81 bits per heavy atom. The molecule has 2 aliphatic rings. The summed E-state index contributed by atoms with van der Waals surface area (Å²) in [6.07, 6.45) is 1.09. The molecule has 5 amide bonds. The first-order valence-electron chi connectivity index (χ1n) is 11.9. The third-order valence-electron chi connectivity index (χ3n) is 6.22. The molecule has 0 spiro atoms. The number of piperidine rings is 1. The molecule has 0 unspecified atom stereocenters. The lowest BCUT2D eigenvalue weighted by molar-refractivity contribution is -0.144. The van der Waals surface area contributed by atoms with Crippen LogP contribution in [-0.4, -0.2) is 88.7 Å². The topological polar surface area (TPSA) is 165 Å². The molecule has 36 heavy (non-hydrogen) atoms. The summed E-state index contributed by atoms with van der Waals surface area (Å²) >= 11 is 0. The number of carbonyl (C=O) groups excluding carboxylic acids is 5. The van der Waals surface area contributed by atoms with Gasteiger partial charge in [0, 0.05) is 43.7 Å². The van der Waals surface area contributed by atoms with E-state index < -0.39 is 30.0 Å². The van der Waals surface area contributed by atoms with Crippen molar-refractivity contribution in [3.8, 4) is 0 Å². The molecule has 2 saturated heterocycles. The smallest absolute Gasteiger partial charge is 0.321 e. The number of anilines is 1. The second kappa shape index (κ2) is 12.1. The summed E-state index contributed by atoms with van der Waals surface area (Å²) in [5, 5.41) is 17.0. The lowest BCUT2D eigenvalue weighted by atomic mass is 10.0. The number of amides is 5. The van der Waals surface area contributed by atoms with E-state index in [1.807, 2.05) is 0 Å². The van der Waals surface area contributed by atoms with Crippen molar-refractivity contribution in [2.45, 2.75) is 51.1 Å². The zero-order valence-electron chi connectivity index (χ0n) is 20.1. The number of benzene rings is 1. The van der Waals surface area contributed by atoms with Crippen LogP contribution in [0.2, 0.25) is 0 Å². The molecule has 2 fully saturated rings. The maximum atomic E-state index is 13.2. The largest absolute Gasteiger partial charge is 0.481 e. The first-order chi connectivity index (χ1) is 17.2. The number of urea groups is 1. The molecule has 12 heteroatoms. The number of carboxylic acids is 1. The molecule has 2 heterocycles. The number of carbonyl (C=O) groups is 6. The van der Waals surface area contributed by atoms with Gasteiger partial charge in [0.2, 0.25) is 17.7 Å². The minimum absolute atomic E-state index is 0.0469. The summed E-state index contributed by atoms with van der Waals surface area (Å²) in [5.41, 5.74) is 0.976. The molecule has 3 rings (SSSR count). The average molecular weight is 502 g/mol. The van der Waals surface area contributed by atoms with E-state index in [0.29, 0.717) is 30.6 Å². The molecule has 12 nitrogen and oxygen atoms in total. The molecular weight excluding hydrogens is 470 g/mol. The van der Waals surface area contributed by atoms with Crippen molar-refractivity contribution in [1.29, 1.82) is 0 Å². The van der Waals surface area contributed by atoms with E-state index in [1.165, 1.54) is 16.7 Å². The number of rotatable bonds is 8. The Balaban J connectivity index is 1.69. The van der Waals surface area contributed by atoms with E-state index in [2.05, 4.69) is 16.0 Å². The van der Waals surface area contributed by atoms with Crippen molar-refractivity contribution in [2.75, 3.05) is 31.5 Å². The zero-order chi connectivity index (χ0) is 26.2. The first-order valence-corrected chi connectivity index (χ1v) is 11.9. The summed E-state index contributed by atoms with van der Waals surface area (Å²) in [7, 11) is 0. The van der Waals surface area contributed by atoms with Crippen LogP contribution in [0.25, 0.3) is 0 Å². The van der Waals surface area contributed by atoms with Gasteiger partial charge in [-0.1, -0.05) is 0 Å². The number of hydrogen-bond acceptors (Lipinski definition) is 6. The highest BCUT2D eigenvalue weighted by Gasteiger charge is 2.38. The zero-order valence-corrected chi connectivity index (χ0v) is 20.1. The molecule has 2 aliphatic heterocycles. The number of nitrogens with one attached hydrogen (secondary N) is 3. The number of ketones is 1. The van der Waals surface area contributed by atoms with Gasteiger partial charge in [-0.2, -0.15) is 0 Å². The fourth-order valence-corrected chi connectivity index (χ4v) is 4.19. The Labute approximate surface area is 208 Å². The van der Waals surface area contributed by atoms with Gasteiger partial charge in [-0.3, -0.25) is 24.0 Å². The monoisotopic (exact) mass is 501 g/mol. The first kappa shape index (κ1) is 26.6. The third kappa shape index (κ3) is 7.03. The highest BCUT2D eigenvalue weighted by molar-refractivity contribution is 5.96. The predicted molar refractivity (Wildman–Crippen MR) is 128 cm³/mol. The van der Waals surface area contributed by atoms with Gasteiger partial charge in [-0.15, -0.1) is 0 Å². The molecule has 0 saturated carbocycles. The van der Waals surface area contributed by atoms with Crippen LogP contribution < -0.4 is 16.0 Å². The van der Waals surface area contributed by atoms with Gasteiger partial charge in [-0.05, 0) is 50.5 Å². The van der Waals surface area contributed by atoms with Gasteiger partial charge in [-0.25, -0.2) is 4.79 Å². The predicted octanol–water partition coefficient (Wildman–Crippen LogP) is 0.584. The Bertz CT molecular complexity index is 1030. The van der Waals surface area contributed by atoms with Crippen LogP contribution in [0.4, 0.5) is 10.5 Å². The Kier molecular flexibility index (Phi) is 8.98. The van der Waals surface area contributed by atoms with Crippen molar-refractivity contribution < 1.29 is 33.9 Å². The molecule has 1 aromatic rings. The molecule has 2 atom stereocenters. The van der Waals surface area contributed by atoms with E-state index in [4.69, 9.17) is 5.11 Å². The Morgan fingerprint density at radius 3 is 2.44 bits per heavy atom. The van der Waals surface area contributed by atoms with E-state index in [-0.39, 0.29) is 56.5 Å². The molecule has 194 valence electrons. The minimum Gasteiger partial charge on any atom is -0.481 e. The van der Waals surface area contributed by atoms with Crippen LogP contribution in [0.5, 0.6) is 0 Å². The van der Waals surface area contributed by atoms with E-state index >= 15 is 0 Å². The number of nitrogens with zero attached hydrogens (tertiary/aromatic N) is 2. The molecule has 0 bridgehead atoms. The molecule has 4 N–H and O–H groups in total. The normalized spacial score (nSPS) is 19.8. The van der Waals surface area contributed by atoms with Gasteiger partial charge in [0.1, 0.15) is 12.1 Å². The van der Waals surface area contributed by atoms with Gasteiger partial charge in [0.15, 0.2) is 5.78 Å². The molecular formula is C24H31N5O7. The highest BCUT2D eigenvalue weighted by Crippen LogP contribution is 2.17. The van der Waals surface area contributed by atoms with Crippen LogP contribution in [0.1, 0.15) is 49.4 Å². The van der Waals surface area contributed by atoms with Gasteiger partial charge in [0.25, 0.3) is 0 Å². The van der Waals surface area contributed by atoms with Crippen molar-refractivity contribution >= 4 is 41.2 Å². The maximum absolute atomic E-state index is 13.2. The third-order valence-corrected chi connectivity index (χ3v) is 6.22. The van der Waals surface area contributed by atoms with E-state index in [1.54, 1.807) is 24.3 Å². The van der Waals surface area contributed by atoms with Crippen LogP contribution in [0.15, 0.2) is 24.3 Å². The van der Waals surface area contributed by atoms with E-state index in [0.717, 1.165) is 0 Å². The maximum Gasteiger partial charge on any atom is 0.321 e. The Morgan fingerprint density at radius 1 is 1.08 bits per heavy atom. The van der Waals surface area contributed by atoms with Gasteiger partial charge in [0.05, 0.1) is 6.54 Å². The molecule has 1 aromatic carbocycles. The molecule has 0 aliphatic carbocycles. The fourth-order valence-electron chi connectivity index (χ4n) is 4.19. The fraction of sp³-hybridized carbons (Fsp3) is 0.500. The molecule has 0 radical (unpaired) electrons. The van der Waals surface area contributed by atoms with Crippen LogP contribution >= 0.6 is 0 Å². The summed E-state index contributed by atoms with van der Waals surface area (Å²) in [4.78, 5) is 76.0. The summed E-state index contributed by atoms with van der Waals surface area (Å²) < 4.78 is 0. The number of aliphatic carboxylic acids is 1. The summed E-state index contributed by atoms with van der Waals surface area (Å²) in [5.74, 6) is -2.35. The van der Waals surface area contributed by atoms with Crippen LogP contribution in [0, 0.1) is 0 Å². The highest BCUT2D eigenvalue weighted by atomic mass is 16.4. The average Bonchev–Trinajstić information content (AvgIpc) is 2.85. The Hall–Kier alpha value is -3.96. The SMILES string of the molecule is CC(=O)c1ccc(NC(=O)N2CCN(C(=O)CCCC(=O)O)[C@@H](C(=O)N[C@H]3CCCNC3=O)C2)cc1. The lowest BCUT2D eigenvalue weighted by Crippen LogP contribution is -2.64. The van der Waals surface area contributed by atoms with Crippen LogP contribution in [-0.2, 0) is 19.2 Å². The quantitative estimate of drug-likeness (QED) is 0.378. The number of hydrogen-bond donors (Lipinski definition) is 4. The minimum atomic E-state index is -1.03. The second-order valence-electron chi connectivity index (χ2n) is 8.85. The van der Waals surface area contributed by atoms with Crippen molar-refractivity contribution in [3.63, 3.8) is 0 Å². The van der Waals surface area contributed by atoms with Crippen molar-refractivity contribution in [1.82, 2.24) is 20.4 Å². The number of piperazine rings is 1. The standard InChI is InChI=1S/C24H31N5O7/c1-15(30)16-7-9-17(10-8-16)26-24(36)28-12-13-29(20(31)5-2-6-21(32)33)19(14-28)23(35)27-18-4-3-11-25-22(18)34/h7-10,18-19H,2-6,11-14H2,1H3,(H,25,34)(H,26,36)(H,27,35)(H,32,33)/t18-,19+/m0/s1. The van der Waals surface area contributed by atoms with Crippen LogP contribution in [0.3, 0.4) is 0 Å². The van der Waals surface area contributed by atoms with E-state index in [9.17, 15) is 28.8 Å². The number of carboxylic acid groups (broad SMARTS) is 1.